The average Bonchev–Trinajstić information content (AvgIpc) is 3.09. The summed E-state index contributed by atoms with van der Waals surface area (Å²) in [5.74, 6) is 0.513. The fraction of sp³-hybridized carbons (Fsp3) is 0.333. The molecule has 2 N–H and O–H groups in total. The molecule has 4 rings (SSSR count). The van der Waals surface area contributed by atoms with Gasteiger partial charge in [-0.15, -0.1) is 11.3 Å². The molecular weight excluding hydrogens is 404 g/mol. The van der Waals surface area contributed by atoms with Gasteiger partial charge >= 0.3 is 0 Å². The van der Waals surface area contributed by atoms with Crippen LogP contribution in [0, 0.1) is 5.92 Å². The highest BCUT2D eigenvalue weighted by Crippen LogP contribution is 2.35. The number of nitrogens with zero attached hydrogens (tertiary/aromatic N) is 3. The number of fused-ring (bicyclic) bond motifs is 3. The van der Waals surface area contributed by atoms with Gasteiger partial charge in [-0.25, -0.2) is 10.4 Å². The summed E-state index contributed by atoms with van der Waals surface area (Å²) in [4.78, 5) is 31.6. The maximum Gasteiger partial charge on any atom is 0.262 e. The van der Waals surface area contributed by atoms with E-state index in [9.17, 15) is 14.7 Å². The highest BCUT2D eigenvalue weighted by Gasteiger charge is 2.23. The van der Waals surface area contributed by atoms with E-state index in [0.29, 0.717) is 22.6 Å². The van der Waals surface area contributed by atoms with Crippen LogP contribution in [-0.2, 0) is 24.2 Å². The Morgan fingerprint density at radius 1 is 1.50 bits per heavy atom. The van der Waals surface area contributed by atoms with Gasteiger partial charge in [-0.3, -0.25) is 14.2 Å². The number of carbonyl (C=O) groups excluding carboxylic acids is 1. The number of hydrazone groups is 1. The minimum Gasteiger partial charge on any atom is -0.504 e. The Balaban J connectivity index is 1.48. The highest BCUT2D eigenvalue weighted by atomic mass is 32.1. The van der Waals surface area contributed by atoms with Crippen LogP contribution >= 0.6 is 11.3 Å². The molecule has 0 bridgehead atoms. The summed E-state index contributed by atoms with van der Waals surface area (Å²) in [5.41, 5.74) is 3.97. The molecule has 0 fully saturated rings. The molecule has 3 aromatic rings. The SMILES string of the molecule is COc1cc(/C=N/NC(=O)Cn2cnc3sc4c(c3c2=O)CC[C@@H](C)C4)ccc1O. The lowest BCUT2D eigenvalue weighted by atomic mass is 9.89. The van der Waals surface area contributed by atoms with Crippen molar-refractivity contribution in [1.29, 1.82) is 0 Å². The largest absolute Gasteiger partial charge is 0.504 e. The third-order valence-corrected chi connectivity index (χ3v) is 6.37. The van der Waals surface area contributed by atoms with E-state index in [0.717, 1.165) is 29.7 Å². The van der Waals surface area contributed by atoms with Crippen molar-refractivity contribution in [3.8, 4) is 11.5 Å². The van der Waals surface area contributed by atoms with Crippen LogP contribution in [-0.4, -0.2) is 33.9 Å². The van der Waals surface area contributed by atoms with Crippen LogP contribution in [0.15, 0.2) is 34.4 Å². The van der Waals surface area contributed by atoms with Gasteiger partial charge in [-0.05, 0) is 54.5 Å². The number of ether oxygens (including phenoxy) is 1. The van der Waals surface area contributed by atoms with Crippen LogP contribution in [0.25, 0.3) is 10.2 Å². The van der Waals surface area contributed by atoms with Gasteiger partial charge < -0.3 is 9.84 Å². The zero-order valence-electron chi connectivity index (χ0n) is 16.7. The van der Waals surface area contributed by atoms with Crippen molar-refractivity contribution >= 4 is 33.7 Å². The second-order valence-corrected chi connectivity index (χ2v) is 8.52. The van der Waals surface area contributed by atoms with Crippen molar-refractivity contribution in [2.45, 2.75) is 32.7 Å². The minimum absolute atomic E-state index is 0.0195. The zero-order valence-corrected chi connectivity index (χ0v) is 17.5. The Bertz CT molecular complexity index is 1200. The molecule has 2 heterocycles. The number of thiophene rings is 1. The number of aromatic nitrogens is 2. The third-order valence-electron chi connectivity index (χ3n) is 5.20. The average molecular weight is 426 g/mol. The molecule has 0 unspecified atom stereocenters. The van der Waals surface area contributed by atoms with E-state index in [1.807, 2.05) is 0 Å². The molecule has 1 aliphatic rings. The maximum atomic E-state index is 12.9. The molecule has 0 saturated heterocycles. The van der Waals surface area contributed by atoms with Gasteiger partial charge in [0, 0.05) is 4.88 Å². The van der Waals surface area contributed by atoms with Crippen LogP contribution in [0.1, 0.15) is 29.3 Å². The van der Waals surface area contributed by atoms with Gasteiger partial charge in [-0.2, -0.15) is 5.10 Å². The van der Waals surface area contributed by atoms with Gasteiger partial charge in [0.2, 0.25) is 0 Å². The summed E-state index contributed by atoms with van der Waals surface area (Å²) in [5, 5.41) is 14.2. The van der Waals surface area contributed by atoms with Crippen LogP contribution < -0.4 is 15.7 Å². The number of carbonyl (C=O) groups is 1. The molecule has 1 amide bonds. The summed E-state index contributed by atoms with van der Waals surface area (Å²) in [7, 11) is 1.45. The van der Waals surface area contributed by atoms with Crippen LogP contribution in [0.2, 0.25) is 0 Å². The summed E-state index contributed by atoms with van der Waals surface area (Å²) in [6, 6.07) is 4.70. The van der Waals surface area contributed by atoms with E-state index in [4.69, 9.17) is 4.74 Å². The molecule has 1 aromatic carbocycles. The molecular formula is C21H22N4O4S. The Morgan fingerprint density at radius 2 is 2.33 bits per heavy atom. The second kappa shape index (κ2) is 8.27. The summed E-state index contributed by atoms with van der Waals surface area (Å²) in [6.45, 7) is 2.05. The second-order valence-electron chi connectivity index (χ2n) is 7.43. The van der Waals surface area contributed by atoms with E-state index in [-0.39, 0.29) is 17.9 Å². The zero-order chi connectivity index (χ0) is 21.3. The topological polar surface area (TPSA) is 106 Å². The molecule has 9 heteroatoms. The van der Waals surface area contributed by atoms with Crippen LogP contribution in [0.3, 0.4) is 0 Å². The lowest BCUT2D eigenvalue weighted by Gasteiger charge is -2.17. The van der Waals surface area contributed by atoms with Gasteiger partial charge in [0.05, 0.1) is 25.0 Å². The lowest BCUT2D eigenvalue weighted by Crippen LogP contribution is -2.30. The molecule has 0 spiro atoms. The molecule has 1 aliphatic carbocycles. The Labute approximate surface area is 176 Å². The Morgan fingerprint density at radius 3 is 3.13 bits per heavy atom. The summed E-state index contributed by atoms with van der Waals surface area (Å²) >= 11 is 1.58. The first-order valence-electron chi connectivity index (χ1n) is 9.65. The number of aryl methyl sites for hydroxylation is 1. The highest BCUT2D eigenvalue weighted by molar-refractivity contribution is 7.18. The molecule has 0 radical (unpaired) electrons. The van der Waals surface area contributed by atoms with Gasteiger partial charge in [0.25, 0.3) is 11.5 Å². The standard InChI is InChI=1S/C21H22N4O4S/c1-12-3-5-14-17(7-12)30-20-19(14)21(28)25(11-22-20)10-18(27)24-23-9-13-4-6-15(26)16(8-13)29-2/h4,6,8-9,11-12,26H,3,5,7,10H2,1-2H3,(H,24,27)/b23-9+/t12-/m1/s1. The van der Waals surface area contributed by atoms with Crippen molar-refractivity contribution in [1.82, 2.24) is 15.0 Å². The van der Waals surface area contributed by atoms with E-state index >= 15 is 0 Å². The van der Waals surface area contributed by atoms with E-state index < -0.39 is 5.91 Å². The number of nitrogens with one attached hydrogen (secondary N) is 1. The number of phenols is 1. The molecule has 8 nitrogen and oxygen atoms in total. The number of hydrogen-bond donors (Lipinski definition) is 2. The Hall–Kier alpha value is -3.20. The monoisotopic (exact) mass is 426 g/mol. The predicted molar refractivity (Wildman–Crippen MR) is 115 cm³/mol. The quantitative estimate of drug-likeness (QED) is 0.482. The van der Waals surface area contributed by atoms with Crippen LogP contribution in [0.4, 0.5) is 0 Å². The molecule has 0 aliphatic heterocycles. The van der Waals surface area contributed by atoms with E-state index in [2.05, 4.69) is 22.4 Å². The number of benzene rings is 1. The molecule has 156 valence electrons. The van der Waals surface area contributed by atoms with Gasteiger partial charge in [-0.1, -0.05) is 6.92 Å². The smallest absolute Gasteiger partial charge is 0.262 e. The third kappa shape index (κ3) is 3.93. The number of amides is 1. The van der Waals surface area contributed by atoms with E-state index in [1.165, 1.54) is 35.2 Å². The number of hydrogen-bond acceptors (Lipinski definition) is 7. The normalized spacial score (nSPS) is 16.0. The fourth-order valence-electron chi connectivity index (χ4n) is 3.62. The van der Waals surface area contributed by atoms with Gasteiger partial charge in [0.1, 0.15) is 11.4 Å². The molecule has 2 aromatic heterocycles. The van der Waals surface area contributed by atoms with Crippen molar-refractivity contribution in [2.75, 3.05) is 7.11 Å². The van der Waals surface area contributed by atoms with Crippen molar-refractivity contribution in [2.24, 2.45) is 11.0 Å². The Kier molecular flexibility index (Phi) is 5.54. The minimum atomic E-state index is -0.432. The number of methoxy groups -OCH3 is 1. The molecule has 0 saturated carbocycles. The first-order chi connectivity index (χ1) is 14.5. The van der Waals surface area contributed by atoms with Crippen molar-refractivity contribution < 1.29 is 14.6 Å². The van der Waals surface area contributed by atoms with Crippen molar-refractivity contribution in [3.63, 3.8) is 0 Å². The molecule has 1 atom stereocenters. The number of aromatic hydroxyl groups is 1. The van der Waals surface area contributed by atoms with E-state index in [1.54, 1.807) is 23.5 Å². The van der Waals surface area contributed by atoms with Crippen LogP contribution in [0.5, 0.6) is 11.5 Å². The first kappa shape index (κ1) is 20.1. The fourth-order valence-corrected chi connectivity index (χ4v) is 4.96. The predicted octanol–water partition coefficient (Wildman–Crippen LogP) is 2.45. The number of phenolic OH excluding ortho intramolecular Hbond substituents is 1. The first-order valence-corrected chi connectivity index (χ1v) is 10.5. The number of rotatable bonds is 5. The maximum absolute atomic E-state index is 12.9. The summed E-state index contributed by atoms with van der Waals surface area (Å²) < 4.78 is 6.36. The van der Waals surface area contributed by atoms with Crippen molar-refractivity contribution in [3.05, 3.63) is 50.9 Å². The van der Waals surface area contributed by atoms with Gasteiger partial charge in [0.15, 0.2) is 11.5 Å². The lowest BCUT2D eigenvalue weighted by molar-refractivity contribution is -0.121. The molecule has 30 heavy (non-hydrogen) atoms. The summed E-state index contributed by atoms with van der Waals surface area (Å²) in [6.07, 6.45) is 5.77.